The molecule has 0 unspecified atom stereocenters. The Bertz CT molecular complexity index is 624. The monoisotopic (exact) mass is 287 g/mol. The van der Waals surface area contributed by atoms with Gasteiger partial charge in [0.25, 0.3) is 5.91 Å². The van der Waals surface area contributed by atoms with Gasteiger partial charge >= 0.3 is 0 Å². The maximum Gasteiger partial charge on any atom is 0.253 e. The van der Waals surface area contributed by atoms with Gasteiger partial charge in [-0.25, -0.2) is 4.98 Å². The third kappa shape index (κ3) is 3.65. The molecule has 7 heteroatoms. The Kier molecular flexibility index (Phi) is 4.65. The number of carbonyl (C=O) groups excluding carboxylic acids is 2. The molecule has 0 aliphatic carbocycles. The minimum Gasteiger partial charge on any atom is -0.352 e. The second-order valence-corrected chi connectivity index (χ2v) is 4.53. The van der Waals surface area contributed by atoms with Crippen molar-refractivity contribution in [3.05, 3.63) is 42.0 Å². The summed E-state index contributed by atoms with van der Waals surface area (Å²) in [7, 11) is 1.64. The molecular formula is C14H17N5O2. The number of aromatic amines is 1. The van der Waals surface area contributed by atoms with Crippen LogP contribution < -0.4 is 10.2 Å². The van der Waals surface area contributed by atoms with Crippen LogP contribution in [0.15, 0.2) is 30.6 Å². The van der Waals surface area contributed by atoms with E-state index >= 15 is 0 Å². The molecule has 0 radical (unpaired) electrons. The summed E-state index contributed by atoms with van der Waals surface area (Å²) in [4.78, 5) is 29.1. The van der Waals surface area contributed by atoms with Crippen molar-refractivity contribution in [2.45, 2.75) is 13.3 Å². The number of rotatable bonds is 5. The number of nitrogens with zero attached hydrogens (tertiary/aromatic N) is 3. The Morgan fingerprint density at radius 3 is 2.76 bits per heavy atom. The number of benzene rings is 1. The lowest BCUT2D eigenvalue weighted by Gasteiger charge is -2.18. The van der Waals surface area contributed by atoms with Gasteiger partial charge < -0.3 is 10.2 Å². The molecule has 2 aromatic rings. The first-order valence-electron chi connectivity index (χ1n) is 6.55. The molecular weight excluding hydrogens is 270 g/mol. The van der Waals surface area contributed by atoms with Crippen LogP contribution in [0.5, 0.6) is 0 Å². The predicted molar refractivity (Wildman–Crippen MR) is 77.9 cm³/mol. The fraction of sp³-hybridized carbons (Fsp3) is 0.286. The topological polar surface area (TPSA) is 91.0 Å². The molecule has 0 saturated carbocycles. The summed E-state index contributed by atoms with van der Waals surface area (Å²) >= 11 is 0. The van der Waals surface area contributed by atoms with Crippen molar-refractivity contribution in [3.63, 3.8) is 0 Å². The van der Waals surface area contributed by atoms with E-state index in [0.717, 1.165) is 0 Å². The summed E-state index contributed by atoms with van der Waals surface area (Å²) in [5, 5.41) is 9.28. The quantitative estimate of drug-likeness (QED) is 0.849. The SMILES string of the molecule is CC(=O)N(C)c1ccccc1C(=O)NCCc1ncn[nH]1. The average molecular weight is 287 g/mol. The fourth-order valence-corrected chi connectivity index (χ4v) is 1.87. The van der Waals surface area contributed by atoms with E-state index in [1.54, 1.807) is 31.3 Å². The van der Waals surface area contributed by atoms with Crippen LogP contribution in [0.4, 0.5) is 5.69 Å². The van der Waals surface area contributed by atoms with Crippen LogP contribution in [0.2, 0.25) is 0 Å². The highest BCUT2D eigenvalue weighted by molar-refractivity contribution is 6.04. The minimum atomic E-state index is -0.224. The van der Waals surface area contributed by atoms with Gasteiger partial charge in [0.1, 0.15) is 12.2 Å². The number of hydrogen-bond donors (Lipinski definition) is 2. The molecule has 0 bridgehead atoms. The molecule has 1 aromatic heterocycles. The fourth-order valence-electron chi connectivity index (χ4n) is 1.87. The Labute approximate surface area is 122 Å². The van der Waals surface area contributed by atoms with Gasteiger partial charge in [0.2, 0.25) is 5.91 Å². The standard InChI is InChI=1S/C14H17N5O2/c1-10(20)19(2)12-6-4-3-5-11(12)14(21)15-8-7-13-16-9-17-18-13/h3-6,9H,7-8H2,1-2H3,(H,15,21)(H,16,17,18). The maximum absolute atomic E-state index is 12.2. The highest BCUT2D eigenvalue weighted by Gasteiger charge is 2.15. The van der Waals surface area contributed by atoms with Crippen LogP contribution in [0.3, 0.4) is 0 Å². The number of nitrogens with one attached hydrogen (secondary N) is 2. The molecule has 0 aliphatic rings. The molecule has 110 valence electrons. The summed E-state index contributed by atoms with van der Waals surface area (Å²) in [5.74, 6) is 0.361. The Morgan fingerprint density at radius 2 is 2.10 bits per heavy atom. The summed E-state index contributed by atoms with van der Waals surface area (Å²) in [5.41, 5.74) is 1.05. The summed E-state index contributed by atoms with van der Waals surface area (Å²) in [6.07, 6.45) is 1.99. The number of amides is 2. The summed E-state index contributed by atoms with van der Waals surface area (Å²) in [6.45, 7) is 1.89. The molecule has 2 rings (SSSR count). The Balaban J connectivity index is 2.03. The minimum absolute atomic E-state index is 0.128. The van der Waals surface area contributed by atoms with Crippen molar-refractivity contribution >= 4 is 17.5 Å². The molecule has 0 spiro atoms. The zero-order valence-electron chi connectivity index (χ0n) is 12.0. The van der Waals surface area contributed by atoms with E-state index in [1.807, 2.05) is 0 Å². The normalized spacial score (nSPS) is 10.2. The lowest BCUT2D eigenvalue weighted by molar-refractivity contribution is -0.116. The summed E-state index contributed by atoms with van der Waals surface area (Å²) in [6, 6.07) is 6.99. The lowest BCUT2D eigenvalue weighted by atomic mass is 10.1. The molecule has 0 aliphatic heterocycles. The van der Waals surface area contributed by atoms with Gasteiger partial charge in [-0.05, 0) is 12.1 Å². The van der Waals surface area contributed by atoms with Crippen molar-refractivity contribution in [2.24, 2.45) is 0 Å². The molecule has 0 fully saturated rings. The Hall–Kier alpha value is -2.70. The van der Waals surface area contributed by atoms with E-state index in [4.69, 9.17) is 0 Å². The van der Waals surface area contributed by atoms with E-state index in [9.17, 15) is 9.59 Å². The van der Waals surface area contributed by atoms with Crippen LogP contribution in [0.1, 0.15) is 23.1 Å². The van der Waals surface area contributed by atoms with E-state index < -0.39 is 0 Å². The second-order valence-electron chi connectivity index (χ2n) is 4.53. The van der Waals surface area contributed by atoms with Crippen LogP contribution in [0, 0.1) is 0 Å². The van der Waals surface area contributed by atoms with E-state index in [2.05, 4.69) is 20.5 Å². The van der Waals surface area contributed by atoms with Gasteiger partial charge in [0.05, 0.1) is 11.3 Å². The highest BCUT2D eigenvalue weighted by atomic mass is 16.2. The molecule has 1 heterocycles. The van der Waals surface area contributed by atoms with E-state index in [0.29, 0.717) is 30.0 Å². The number of carbonyl (C=O) groups is 2. The third-order valence-electron chi connectivity index (χ3n) is 3.09. The molecule has 2 N–H and O–H groups in total. The van der Waals surface area contributed by atoms with Gasteiger partial charge in [0, 0.05) is 26.9 Å². The molecule has 2 amide bonds. The van der Waals surface area contributed by atoms with Crippen LogP contribution in [-0.2, 0) is 11.2 Å². The first-order chi connectivity index (χ1) is 10.1. The second kappa shape index (κ2) is 6.65. The average Bonchev–Trinajstić information content (AvgIpc) is 2.99. The molecule has 21 heavy (non-hydrogen) atoms. The van der Waals surface area contributed by atoms with E-state index in [1.165, 1.54) is 18.2 Å². The predicted octanol–water partition coefficient (Wildman–Crippen LogP) is 0.760. The maximum atomic E-state index is 12.2. The number of H-pyrrole nitrogens is 1. The zero-order valence-corrected chi connectivity index (χ0v) is 12.0. The van der Waals surface area contributed by atoms with E-state index in [-0.39, 0.29) is 11.8 Å². The number of aromatic nitrogens is 3. The number of hydrogen-bond acceptors (Lipinski definition) is 4. The van der Waals surface area contributed by atoms with Crippen molar-refractivity contribution in [1.82, 2.24) is 20.5 Å². The molecule has 0 atom stereocenters. The zero-order chi connectivity index (χ0) is 15.2. The van der Waals surface area contributed by atoms with Crippen LogP contribution >= 0.6 is 0 Å². The van der Waals surface area contributed by atoms with Gasteiger partial charge in [-0.15, -0.1) is 0 Å². The van der Waals surface area contributed by atoms with Gasteiger partial charge in [0.15, 0.2) is 0 Å². The van der Waals surface area contributed by atoms with Crippen molar-refractivity contribution in [2.75, 3.05) is 18.5 Å². The number of para-hydroxylation sites is 1. The lowest BCUT2D eigenvalue weighted by Crippen LogP contribution is -2.30. The summed E-state index contributed by atoms with van der Waals surface area (Å²) < 4.78 is 0. The largest absolute Gasteiger partial charge is 0.352 e. The first kappa shape index (κ1) is 14.7. The smallest absolute Gasteiger partial charge is 0.253 e. The molecule has 0 saturated heterocycles. The van der Waals surface area contributed by atoms with Crippen molar-refractivity contribution < 1.29 is 9.59 Å². The van der Waals surface area contributed by atoms with Crippen molar-refractivity contribution in [1.29, 1.82) is 0 Å². The molecule has 1 aromatic carbocycles. The van der Waals surface area contributed by atoms with Gasteiger partial charge in [-0.1, -0.05) is 12.1 Å². The van der Waals surface area contributed by atoms with Gasteiger partial charge in [-0.2, -0.15) is 5.10 Å². The first-order valence-corrected chi connectivity index (χ1v) is 6.55. The van der Waals surface area contributed by atoms with Crippen LogP contribution in [0.25, 0.3) is 0 Å². The van der Waals surface area contributed by atoms with Crippen molar-refractivity contribution in [3.8, 4) is 0 Å². The van der Waals surface area contributed by atoms with Crippen LogP contribution in [-0.4, -0.2) is 40.6 Å². The third-order valence-corrected chi connectivity index (χ3v) is 3.09. The van der Waals surface area contributed by atoms with Gasteiger partial charge in [-0.3, -0.25) is 14.7 Å². The Morgan fingerprint density at radius 1 is 1.33 bits per heavy atom. The highest BCUT2D eigenvalue weighted by Crippen LogP contribution is 2.19. The molecule has 7 nitrogen and oxygen atoms in total. The number of anilines is 1.